The highest BCUT2D eigenvalue weighted by atomic mass is 14.6. The fraction of sp³-hybridized carbons (Fsp3) is 1.00. The van der Waals surface area contributed by atoms with E-state index in [1.807, 2.05) is 0 Å². The highest BCUT2D eigenvalue weighted by Gasteiger charge is 2.16. The van der Waals surface area contributed by atoms with Gasteiger partial charge in [-0.2, -0.15) is 0 Å². The van der Waals surface area contributed by atoms with Gasteiger partial charge in [0.25, 0.3) is 0 Å². The molecule has 1 rings (SSSR count). The molecule has 0 aromatic heterocycles. The SMILES string of the molecule is CC[C@@H]1CCC[C@H](N)C1. The van der Waals surface area contributed by atoms with E-state index in [2.05, 4.69) is 6.92 Å². The van der Waals surface area contributed by atoms with E-state index in [4.69, 9.17) is 5.73 Å². The van der Waals surface area contributed by atoms with Gasteiger partial charge in [0.05, 0.1) is 0 Å². The van der Waals surface area contributed by atoms with E-state index in [-0.39, 0.29) is 0 Å². The fourth-order valence-electron chi connectivity index (χ4n) is 1.70. The Balaban J connectivity index is 2.23. The average molecular weight is 127 g/mol. The molecule has 2 atom stereocenters. The van der Waals surface area contributed by atoms with Crippen molar-refractivity contribution in [3.05, 3.63) is 0 Å². The molecule has 1 aliphatic rings. The summed E-state index contributed by atoms with van der Waals surface area (Å²) < 4.78 is 0. The van der Waals surface area contributed by atoms with Gasteiger partial charge in [-0.3, -0.25) is 0 Å². The Hall–Kier alpha value is -0.0400. The first-order valence-electron chi connectivity index (χ1n) is 4.08. The summed E-state index contributed by atoms with van der Waals surface area (Å²) >= 11 is 0. The smallest absolute Gasteiger partial charge is 0.00414 e. The Bertz CT molecular complexity index is 80.6. The van der Waals surface area contributed by atoms with E-state index in [1.165, 1.54) is 32.1 Å². The van der Waals surface area contributed by atoms with Gasteiger partial charge >= 0.3 is 0 Å². The van der Waals surface area contributed by atoms with E-state index >= 15 is 0 Å². The van der Waals surface area contributed by atoms with Crippen molar-refractivity contribution in [2.75, 3.05) is 0 Å². The van der Waals surface area contributed by atoms with Crippen LogP contribution in [0.25, 0.3) is 0 Å². The minimum absolute atomic E-state index is 0.517. The second-order valence-corrected chi connectivity index (χ2v) is 3.20. The molecule has 0 aromatic carbocycles. The summed E-state index contributed by atoms with van der Waals surface area (Å²) in [4.78, 5) is 0. The Labute approximate surface area is 57.6 Å². The number of hydrogen-bond acceptors (Lipinski definition) is 1. The minimum atomic E-state index is 0.517. The second kappa shape index (κ2) is 3.21. The van der Waals surface area contributed by atoms with E-state index in [0.29, 0.717) is 6.04 Å². The quantitative estimate of drug-likeness (QED) is 0.572. The van der Waals surface area contributed by atoms with Crippen molar-refractivity contribution >= 4 is 0 Å². The summed E-state index contributed by atoms with van der Waals surface area (Å²) in [6, 6.07) is 0.517. The molecule has 0 amide bonds. The van der Waals surface area contributed by atoms with Crippen molar-refractivity contribution < 1.29 is 0 Å². The molecule has 1 fully saturated rings. The van der Waals surface area contributed by atoms with Gasteiger partial charge in [-0.1, -0.05) is 26.2 Å². The highest BCUT2D eigenvalue weighted by Crippen LogP contribution is 2.24. The zero-order valence-corrected chi connectivity index (χ0v) is 6.27. The van der Waals surface area contributed by atoms with Gasteiger partial charge in [0.15, 0.2) is 0 Å². The zero-order chi connectivity index (χ0) is 6.69. The van der Waals surface area contributed by atoms with Gasteiger partial charge in [-0.25, -0.2) is 0 Å². The maximum absolute atomic E-state index is 5.80. The molecular formula is C8H17N. The standard InChI is InChI=1S/C8H17N/c1-2-7-4-3-5-8(9)6-7/h7-8H,2-6,9H2,1H3/t7-,8+/m1/s1. The molecule has 54 valence electrons. The third-order valence-corrected chi connectivity index (χ3v) is 2.40. The van der Waals surface area contributed by atoms with Crippen LogP contribution in [0.3, 0.4) is 0 Å². The van der Waals surface area contributed by atoms with E-state index in [9.17, 15) is 0 Å². The van der Waals surface area contributed by atoms with Crippen LogP contribution in [0.1, 0.15) is 39.0 Å². The van der Waals surface area contributed by atoms with Crippen molar-refractivity contribution in [3.63, 3.8) is 0 Å². The lowest BCUT2D eigenvalue weighted by molar-refractivity contribution is 0.315. The van der Waals surface area contributed by atoms with Crippen LogP contribution in [0.15, 0.2) is 0 Å². The maximum atomic E-state index is 5.80. The molecule has 1 saturated carbocycles. The first kappa shape index (κ1) is 7.07. The largest absolute Gasteiger partial charge is 0.328 e. The Kier molecular flexibility index (Phi) is 2.52. The van der Waals surface area contributed by atoms with Crippen LogP contribution in [0.5, 0.6) is 0 Å². The van der Waals surface area contributed by atoms with E-state index < -0.39 is 0 Å². The molecule has 0 saturated heterocycles. The third kappa shape index (κ3) is 1.98. The van der Waals surface area contributed by atoms with Gasteiger partial charge in [0.1, 0.15) is 0 Å². The molecule has 0 aromatic rings. The molecule has 1 aliphatic carbocycles. The van der Waals surface area contributed by atoms with Crippen molar-refractivity contribution in [2.45, 2.75) is 45.1 Å². The summed E-state index contributed by atoms with van der Waals surface area (Å²) in [5.41, 5.74) is 5.80. The highest BCUT2D eigenvalue weighted by molar-refractivity contribution is 4.73. The Morgan fingerprint density at radius 3 is 2.67 bits per heavy atom. The van der Waals surface area contributed by atoms with Crippen LogP contribution in [0, 0.1) is 5.92 Å². The van der Waals surface area contributed by atoms with Crippen molar-refractivity contribution in [1.82, 2.24) is 0 Å². The first-order chi connectivity index (χ1) is 4.33. The van der Waals surface area contributed by atoms with Crippen LogP contribution >= 0.6 is 0 Å². The Morgan fingerprint density at radius 2 is 2.22 bits per heavy atom. The van der Waals surface area contributed by atoms with Crippen molar-refractivity contribution in [1.29, 1.82) is 0 Å². The lowest BCUT2D eigenvalue weighted by Gasteiger charge is -2.25. The van der Waals surface area contributed by atoms with Gasteiger partial charge in [-0.15, -0.1) is 0 Å². The predicted molar refractivity (Wildman–Crippen MR) is 40.2 cm³/mol. The lowest BCUT2D eigenvalue weighted by atomic mass is 9.85. The molecule has 0 heterocycles. The summed E-state index contributed by atoms with van der Waals surface area (Å²) in [5, 5.41) is 0. The van der Waals surface area contributed by atoms with Gasteiger partial charge in [0.2, 0.25) is 0 Å². The molecule has 0 bridgehead atoms. The lowest BCUT2D eigenvalue weighted by Crippen LogP contribution is -2.27. The molecule has 0 aliphatic heterocycles. The van der Waals surface area contributed by atoms with Gasteiger partial charge < -0.3 is 5.73 Å². The molecule has 1 nitrogen and oxygen atoms in total. The topological polar surface area (TPSA) is 26.0 Å². The summed E-state index contributed by atoms with van der Waals surface area (Å²) in [6.45, 7) is 2.27. The molecule has 0 spiro atoms. The molecule has 1 heteroatoms. The van der Waals surface area contributed by atoms with Crippen molar-refractivity contribution in [3.8, 4) is 0 Å². The second-order valence-electron chi connectivity index (χ2n) is 3.20. The number of nitrogens with two attached hydrogens (primary N) is 1. The van der Waals surface area contributed by atoms with Crippen LogP contribution in [0.2, 0.25) is 0 Å². The molecule has 9 heavy (non-hydrogen) atoms. The summed E-state index contributed by atoms with van der Waals surface area (Å²) in [6.07, 6.45) is 6.64. The van der Waals surface area contributed by atoms with Crippen LogP contribution in [-0.2, 0) is 0 Å². The van der Waals surface area contributed by atoms with E-state index in [1.54, 1.807) is 0 Å². The monoisotopic (exact) mass is 127 g/mol. The summed E-state index contributed by atoms with van der Waals surface area (Å²) in [5.74, 6) is 0.939. The maximum Gasteiger partial charge on any atom is 0.00414 e. The fourth-order valence-corrected chi connectivity index (χ4v) is 1.70. The first-order valence-corrected chi connectivity index (χ1v) is 4.08. The van der Waals surface area contributed by atoms with Gasteiger partial charge in [-0.05, 0) is 18.8 Å². The average Bonchev–Trinajstić information content (AvgIpc) is 1.88. The minimum Gasteiger partial charge on any atom is -0.328 e. The molecule has 0 unspecified atom stereocenters. The van der Waals surface area contributed by atoms with E-state index in [0.717, 1.165) is 5.92 Å². The van der Waals surface area contributed by atoms with Gasteiger partial charge in [0, 0.05) is 6.04 Å². The third-order valence-electron chi connectivity index (χ3n) is 2.40. The molecule has 2 N–H and O–H groups in total. The number of hydrogen-bond donors (Lipinski definition) is 1. The predicted octanol–water partition coefficient (Wildman–Crippen LogP) is 1.91. The van der Waals surface area contributed by atoms with Crippen LogP contribution < -0.4 is 5.73 Å². The summed E-state index contributed by atoms with van der Waals surface area (Å²) in [7, 11) is 0. The van der Waals surface area contributed by atoms with Crippen molar-refractivity contribution in [2.24, 2.45) is 11.7 Å². The van der Waals surface area contributed by atoms with Crippen LogP contribution in [0.4, 0.5) is 0 Å². The molecule has 0 radical (unpaired) electrons. The normalized spacial score (nSPS) is 36.7. The van der Waals surface area contributed by atoms with Crippen LogP contribution in [-0.4, -0.2) is 6.04 Å². The number of rotatable bonds is 1. The zero-order valence-electron chi connectivity index (χ0n) is 6.27. The molecular weight excluding hydrogens is 110 g/mol. The Morgan fingerprint density at radius 1 is 1.44 bits per heavy atom.